The Balaban J connectivity index is 1.75. The van der Waals surface area contributed by atoms with Gasteiger partial charge in [-0.3, -0.25) is 0 Å². The summed E-state index contributed by atoms with van der Waals surface area (Å²) in [7, 11) is 1.99. The van der Waals surface area contributed by atoms with Crippen molar-refractivity contribution in [3.63, 3.8) is 0 Å². The molecule has 0 bridgehead atoms. The largest absolute Gasteiger partial charge is 0.320 e. The first-order valence-corrected chi connectivity index (χ1v) is 7.08. The monoisotopic (exact) mass is 251 g/mol. The van der Waals surface area contributed by atoms with Crippen LogP contribution in [0.2, 0.25) is 0 Å². The summed E-state index contributed by atoms with van der Waals surface area (Å²) in [6.07, 6.45) is 6.84. The lowest BCUT2D eigenvalue weighted by Crippen LogP contribution is -2.31. The van der Waals surface area contributed by atoms with Gasteiger partial charge in [-0.05, 0) is 45.3 Å². The second-order valence-corrected chi connectivity index (χ2v) is 5.21. The van der Waals surface area contributed by atoms with Crippen LogP contribution in [-0.2, 0) is 13.6 Å². The first-order chi connectivity index (χ1) is 8.79. The second-order valence-electron chi connectivity index (χ2n) is 5.21. The Bertz CT molecular complexity index is 349. The molecule has 1 unspecified atom stereocenters. The topological polar surface area (TPSA) is 46.0 Å². The van der Waals surface area contributed by atoms with Crippen molar-refractivity contribution in [2.75, 3.05) is 19.6 Å². The smallest absolute Gasteiger partial charge is 0.146 e. The van der Waals surface area contributed by atoms with Gasteiger partial charge in [-0.1, -0.05) is 6.92 Å². The lowest BCUT2D eigenvalue weighted by Gasteiger charge is -2.19. The lowest BCUT2D eigenvalue weighted by atomic mass is 10.1. The molecule has 0 amide bonds. The average molecular weight is 251 g/mol. The number of aromatic nitrogens is 3. The number of hydrogen-bond donors (Lipinski definition) is 1. The summed E-state index contributed by atoms with van der Waals surface area (Å²) in [6.45, 7) is 6.82. The molecule has 5 heteroatoms. The second kappa shape index (κ2) is 6.85. The van der Waals surface area contributed by atoms with Crippen LogP contribution in [0.5, 0.6) is 0 Å². The molecule has 0 spiro atoms. The molecule has 0 aliphatic carbocycles. The van der Waals surface area contributed by atoms with Crippen LogP contribution in [0, 0.1) is 0 Å². The highest BCUT2D eigenvalue weighted by Crippen LogP contribution is 2.11. The van der Waals surface area contributed by atoms with E-state index in [9.17, 15) is 0 Å². The first kappa shape index (κ1) is 13.5. The van der Waals surface area contributed by atoms with Gasteiger partial charge in [0, 0.05) is 13.1 Å². The Morgan fingerprint density at radius 2 is 2.28 bits per heavy atom. The van der Waals surface area contributed by atoms with Crippen LogP contribution >= 0.6 is 0 Å². The molecule has 1 saturated heterocycles. The van der Waals surface area contributed by atoms with E-state index in [0.29, 0.717) is 6.04 Å². The summed E-state index contributed by atoms with van der Waals surface area (Å²) >= 11 is 0. The van der Waals surface area contributed by atoms with Crippen molar-refractivity contribution in [1.29, 1.82) is 0 Å². The predicted molar refractivity (Wildman–Crippen MR) is 72.2 cm³/mol. The highest BCUT2D eigenvalue weighted by molar-refractivity contribution is 4.85. The summed E-state index contributed by atoms with van der Waals surface area (Å²) in [5, 5.41) is 11.6. The van der Waals surface area contributed by atoms with Gasteiger partial charge in [0.1, 0.15) is 12.2 Å². The molecule has 2 heterocycles. The van der Waals surface area contributed by atoms with Crippen molar-refractivity contribution >= 4 is 0 Å². The molecule has 1 N–H and O–H groups in total. The van der Waals surface area contributed by atoms with Gasteiger partial charge in [-0.25, -0.2) is 0 Å². The SMILES string of the molecule is CCCN1CCCC(NCc2nncn2C)CC1. The molecule has 1 aliphatic heterocycles. The van der Waals surface area contributed by atoms with Gasteiger partial charge in [0.2, 0.25) is 0 Å². The van der Waals surface area contributed by atoms with Crippen LogP contribution in [0.4, 0.5) is 0 Å². The standard InChI is InChI=1S/C13H25N5/c1-3-7-18-8-4-5-12(6-9-18)14-10-13-16-15-11-17(13)2/h11-12,14H,3-10H2,1-2H3. The fourth-order valence-electron chi connectivity index (χ4n) is 2.60. The number of aryl methyl sites for hydroxylation is 1. The fraction of sp³-hybridized carbons (Fsp3) is 0.846. The van der Waals surface area contributed by atoms with E-state index in [0.717, 1.165) is 12.4 Å². The van der Waals surface area contributed by atoms with Crippen LogP contribution in [0.25, 0.3) is 0 Å². The van der Waals surface area contributed by atoms with Crippen LogP contribution in [0.15, 0.2) is 6.33 Å². The van der Waals surface area contributed by atoms with E-state index in [1.54, 1.807) is 6.33 Å². The molecule has 0 aromatic carbocycles. The molecule has 1 fully saturated rings. The van der Waals surface area contributed by atoms with E-state index in [-0.39, 0.29) is 0 Å². The molecule has 0 saturated carbocycles. The number of nitrogens with one attached hydrogen (secondary N) is 1. The quantitative estimate of drug-likeness (QED) is 0.853. The first-order valence-electron chi connectivity index (χ1n) is 7.08. The van der Waals surface area contributed by atoms with Gasteiger partial charge < -0.3 is 14.8 Å². The van der Waals surface area contributed by atoms with E-state index < -0.39 is 0 Å². The molecule has 2 rings (SSSR count). The van der Waals surface area contributed by atoms with Crippen LogP contribution in [0.1, 0.15) is 38.4 Å². The molecule has 1 aromatic heterocycles. The fourth-order valence-corrected chi connectivity index (χ4v) is 2.60. The van der Waals surface area contributed by atoms with Gasteiger partial charge in [0.25, 0.3) is 0 Å². The summed E-state index contributed by atoms with van der Waals surface area (Å²) in [6, 6.07) is 0.628. The van der Waals surface area contributed by atoms with Crippen molar-refractivity contribution in [3.8, 4) is 0 Å². The summed E-state index contributed by atoms with van der Waals surface area (Å²) in [4.78, 5) is 2.59. The number of nitrogens with zero attached hydrogens (tertiary/aromatic N) is 4. The molecule has 1 atom stereocenters. The van der Waals surface area contributed by atoms with Crippen molar-refractivity contribution in [3.05, 3.63) is 12.2 Å². The third-order valence-corrected chi connectivity index (χ3v) is 3.71. The molecule has 18 heavy (non-hydrogen) atoms. The van der Waals surface area contributed by atoms with Gasteiger partial charge in [-0.2, -0.15) is 0 Å². The van der Waals surface area contributed by atoms with Crippen LogP contribution in [0.3, 0.4) is 0 Å². The maximum Gasteiger partial charge on any atom is 0.146 e. The zero-order valence-corrected chi connectivity index (χ0v) is 11.6. The predicted octanol–water partition coefficient (Wildman–Crippen LogP) is 1.17. The molecular weight excluding hydrogens is 226 g/mol. The summed E-state index contributed by atoms with van der Waals surface area (Å²) in [5.41, 5.74) is 0. The molecule has 102 valence electrons. The zero-order chi connectivity index (χ0) is 12.8. The molecule has 1 aromatic rings. The Kier molecular flexibility index (Phi) is 5.13. The Morgan fingerprint density at radius 3 is 3.00 bits per heavy atom. The number of hydrogen-bond acceptors (Lipinski definition) is 4. The van der Waals surface area contributed by atoms with E-state index in [4.69, 9.17) is 0 Å². The minimum atomic E-state index is 0.628. The molecule has 0 radical (unpaired) electrons. The summed E-state index contributed by atoms with van der Waals surface area (Å²) < 4.78 is 1.98. The van der Waals surface area contributed by atoms with Crippen molar-refractivity contribution in [2.24, 2.45) is 7.05 Å². The third kappa shape index (κ3) is 3.78. The molecule has 1 aliphatic rings. The van der Waals surface area contributed by atoms with Crippen LogP contribution in [-0.4, -0.2) is 45.3 Å². The Morgan fingerprint density at radius 1 is 1.39 bits per heavy atom. The highest BCUT2D eigenvalue weighted by atomic mass is 15.3. The van der Waals surface area contributed by atoms with E-state index >= 15 is 0 Å². The van der Waals surface area contributed by atoms with E-state index in [1.165, 1.54) is 45.3 Å². The molecule has 5 nitrogen and oxygen atoms in total. The third-order valence-electron chi connectivity index (χ3n) is 3.71. The van der Waals surface area contributed by atoms with Gasteiger partial charge in [0.05, 0.1) is 6.54 Å². The Hall–Kier alpha value is -0.940. The van der Waals surface area contributed by atoms with Crippen molar-refractivity contribution < 1.29 is 0 Å². The van der Waals surface area contributed by atoms with Crippen molar-refractivity contribution in [1.82, 2.24) is 25.0 Å². The van der Waals surface area contributed by atoms with Crippen LogP contribution < -0.4 is 5.32 Å². The van der Waals surface area contributed by atoms with E-state index in [1.807, 2.05) is 11.6 Å². The number of likely N-dealkylation sites (tertiary alicyclic amines) is 1. The number of rotatable bonds is 5. The average Bonchev–Trinajstić information content (AvgIpc) is 2.63. The van der Waals surface area contributed by atoms with Gasteiger partial charge in [0.15, 0.2) is 0 Å². The van der Waals surface area contributed by atoms with Gasteiger partial charge in [-0.15, -0.1) is 10.2 Å². The maximum absolute atomic E-state index is 4.11. The van der Waals surface area contributed by atoms with Crippen molar-refractivity contribution in [2.45, 2.75) is 45.2 Å². The Labute approximate surface area is 110 Å². The maximum atomic E-state index is 4.11. The highest BCUT2D eigenvalue weighted by Gasteiger charge is 2.16. The zero-order valence-electron chi connectivity index (χ0n) is 11.6. The minimum Gasteiger partial charge on any atom is -0.320 e. The minimum absolute atomic E-state index is 0.628. The van der Waals surface area contributed by atoms with Gasteiger partial charge >= 0.3 is 0 Å². The summed E-state index contributed by atoms with van der Waals surface area (Å²) in [5.74, 6) is 1.02. The molecular formula is C13H25N5. The normalized spacial score (nSPS) is 22.0. The van der Waals surface area contributed by atoms with E-state index in [2.05, 4.69) is 27.3 Å². The lowest BCUT2D eigenvalue weighted by molar-refractivity contribution is 0.282.